The molecule has 0 saturated heterocycles. The third kappa shape index (κ3) is 3.17. The highest BCUT2D eigenvalue weighted by Crippen LogP contribution is 2.16. The van der Waals surface area contributed by atoms with Gasteiger partial charge in [-0.25, -0.2) is 0 Å². The molecule has 104 valence electrons. The number of aryl methyl sites for hydroxylation is 3. The molecule has 0 atom stereocenters. The van der Waals surface area contributed by atoms with Crippen LogP contribution in [0.15, 0.2) is 35.3 Å². The first-order valence-electron chi connectivity index (χ1n) is 6.36. The van der Waals surface area contributed by atoms with Crippen LogP contribution in [-0.2, 0) is 11.2 Å². The van der Waals surface area contributed by atoms with Crippen molar-refractivity contribution < 1.29 is 4.79 Å². The monoisotopic (exact) mass is 289 g/mol. The molecule has 0 bridgehead atoms. The number of carbonyl (C=O) groups is 1. The number of hydrogen-bond donors (Lipinski definition) is 0. The van der Waals surface area contributed by atoms with Gasteiger partial charge in [0.05, 0.1) is 6.42 Å². The summed E-state index contributed by atoms with van der Waals surface area (Å²) in [6.07, 6.45) is 1.65. The minimum atomic E-state index is -0.530. The van der Waals surface area contributed by atoms with Gasteiger partial charge in [-0.1, -0.05) is 6.07 Å². The Bertz CT molecular complexity index is 711. The van der Waals surface area contributed by atoms with E-state index in [0.29, 0.717) is 5.56 Å². The molecular weight excluding hydrogens is 274 g/mol. The normalized spacial score (nSPS) is 10.6. The van der Waals surface area contributed by atoms with Crippen molar-refractivity contribution in [2.45, 2.75) is 27.2 Å². The molecule has 3 nitrogen and oxygen atoms in total. The SMILES string of the molecule is Cc1cc(C)cc(-n2cc(CC(=O)Cl)c(=O)cc2C)c1. The highest BCUT2D eigenvalue weighted by atomic mass is 35.5. The van der Waals surface area contributed by atoms with Crippen LogP contribution < -0.4 is 5.43 Å². The Balaban J connectivity index is 2.61. The van der Waals surface area contributed by atoms with Crippen molar-refractivity contribution in [2.24, 2.45) is 0 Å². The Hall–Kier alpha value is -1.87. The fourth-order valence-electron chi connectivity index (χ4n) is 2.32. The van der Waals surface area contributed by atoms with Crippen LogP contribution in [0.2, 0.25) is 0 Å². The van der Waals surface area contributed by atoms with Gasteiger partial charge >= 0.3 is 0 Å². The van der Waals surface area contributed by atoms with Gasteiger partial charge in [-0.3, -0.25) is 9.59 Å². The summed E-state index contributed by atoms with van der Waals surface area (Å²) in [6, 6.07) is 7.70. The molecule has 0 saturated carbocycles. The molecule has 20 heavy (non-hydrogen) atoms. The van der Waals surface area contributed by atoms with Crippen molar-refractivity contribution >= 4 is 16.8 Å². The van der Waals surface area contributed by atoms with Gasteiger partial charge in [-0.2, -0.15) is 0 Å². The summed E-state index contributed by atoms with van der Waals surface area (Å²) in [5.74, 6) is 0. The topological polar surface area (TPSA) is 39.1 Å². The maximum atomic E-state index is 11.9. The molecule has 0 aliphatic carbocycles. The van der Waals surface area contributed by atoms with Crippen LogP contribution in [0.1, 0.15) is 22.4 Å². The predicted molar refractivity (Wildman–Crippen MR) is 80.8 cm³/mol. The van der Waals surface area contributed by atoms with Crippen molar-refractivity contribution in [3.05, 3.63) is 63.1 Å². The van der Waals surface area contributed by atoms with Gasteiger partial charge in [-0.05, 0) is 55.6 Å². The third-order valence-corrected chi connectivity index (χ3v) is 3.27. The Morgan fingerprint density at radius 2 is 1.70 bits per heavy atom. The number of benzene rings is 1. The predicted octanol–water partition coefficient (Wildman–Crippen LogP) is 3.07. The van der Waals surface area contributed by atoms with E-state index in [1.165, 1.54) is 6.07 Å². The van der Waals surface area contributed by atoms with E-state index >= 15 is 0 Å². The molecule has 0 spiro atoms. The quantitative estimate of drug-likeness (QED) is 0.815. The van der Waals surface area contributed by atoms with E-state index in [1.54, 1.807) is 6.20 Å². The second kappa shape index (κ2) is 5.63. The van der Waals surface area contributed by atoms with Crippen molar-refractivity contribution in [1.29, 1.82) is 0 Å². The fraction of sp³-hybridized carbons (Fsp3) is 0.250. The molecule has 4 heteroatoms. The largest absolute Gasteiger partial charge is 0.321 e. The molecule has 0 N–H and O–H groups in total. The number of aromatic nitrogens is 1. The minimum absolute atomic E-state index is 0.0501. The van der Waals surface area contributed by atoms with Gasteiger partial charge in [0.2, 0.25) is 5.24 Å². The zero-order valence-corrected chi connectivity index (χ0v) is 12.5. The molecule has 1 aromatic heterocycles. The van der Waals surface area contributed by atoms with Crippen LogP contribution in [0.3, 0.4) is 0 Å². The van der Waals surface area contributed by atoms with E-state index in [2.05, 4.69) is 6.07 Å². The lowest BCUT2D eigenvalue weighted by molar-refractivity contribution is -0.111. The van der Waals surface area contributed by atoms with Gasteiger partial charge in [0.25, 0.3) is 0 Å². The Kier molecular flexibility index (Phi) is 4.09. The molecule has 2 rings (SSSR count). The summed E-state index contributed by atoms with van der Waals surface area (Å²) in [4.78, 5) is 22.9. The molecule has 0 unspecified atom stereocenters. The van der Waals surface area contributed by atoms with Crippen molar-refractivity contribution in [3.8, 4) is 5.69 Å². The second-order valence-corrected chi connectivity index (χ2v) is 5.47. The van der Waals surface area contributed by atoms with E-state index < -0.39 is 5.24 Å². The van der Waals surface area contributed by atoms with Crippen LogP contribution in [0.25, 0.3) is 5.69 Å². The summed E-state index contributed by atoms with van der Waals surface area (Å²) < 4.78 is 1.91. The molecule has 2 aromatic rings. The maximum Gasteiger partial charge on any atom is 0.226 e. The molecule has 0 aliphatic rings. The number of nitrogens with zero attached hydrogens (tertiary/aromatic N) is 1. The van der Waals surface area contributed by atoms with Crippen molar-refractivity contribution in [2.75, 3.05) is 0 Å². The van der Waals surface area contributed by atoms with E-state index in [9.17, 15) is 9.59 Å². The number of carbonyl (C=O) groups excluding carboxylic acids is 1. The van der Waals surface area contributed by atoms with E-state index in [0.717, 1.165) is 22.5 Å². The Morgan fingerprint density at radius 3 is 2.25 bits per heavy atom. The zero-order chi connectivity index (χ0) is 14.9. The molecule has 0 fully saturated rings. The van der Waals surface area contributed by atoms with E-state index in [1.807, 2.05) is 37.5 Å². The zero-order valence-electron chi connectivity index (χ0n) is 11.7. The molecule has 1 heterocycles. The van der Waals surface area contributed by atoms with Gasteiger partial charge in [0, 0.05) is 29.2 Å². The third-order valence-electron chi connectivity index (χ3n) is 3.14. The van der Waals surface area contributed by atoms with Crippen LogP contribution in [0, 0.1) is 20.8 Å². The van der Waals surface area contributed by atoms with Gasteiger partial charge in [0.15, 0.2) is 5.43 Å². The summed E-state index contributed by atoms with van der Waals surface area (Å²) >= 11 is 5.39. The standard InChI is InChI=1S/C16H16ClNO2/c1-10-4-11(2)6-14(5-10)18-9-13(8-16(17)20)15(19)7-12(18)3/h4-7,9H,8H2,1-3H3. The van der Waals surface area contributed by atoms with Crippen LogP contribution >= 0.6 is 11.6 Å². The van der Waals surface area contributed by atoms with Gasteiger partial charge in [-0.15, -0.1) is 0 Å². The van der Waals surface area contributed by atoms with Gasteiger partial charge in [0.1, 0.15) is 0 Å². The first kappa shape index (κ1) is 14.5. The fourth-order valence-corrected chi connectivity index (χ4v) is 2.47. The number of pyridine rings is 1. The van der Waals surface area contributed by atoms with Crippen molar-refractivity contribution in [1.82, 2.24) is 4.57 Å². The highest BCUT2D eigenvalue weighted by Gasteiger charge is 2.09. The first-order valence-corrected chi connectivity index (χ1v) is 6.74. The lowest BCUT2D eigenvalue weighted by Crippen LogP contribution is -2.16. The van der Waals surface area contributed by atoms with Crippen molar-refractivity contribution in [3.63, 3.8) is 0 Å². The average Bonchev–Trinajstić information content (AvgIpc) is 2.30. The first-order chi connectivity index (χ1) is 9.36. The molecule has 0 aliphatic heterocycles. The summed E-state index contributed by atoms with van der Waals surface area (Å²) in [5, 5.41) is -0.530. The molecule has 0 radical (unpaired) electrons. The highest BCUT2D eigenvalue weighted by molar-refractivity contribution is 6.63. The second-order valence-electron chi connectivity index (χ2n) is 5.05. The van der Waals surface area contributed by atoms with Crippen LogP contribution in [0.4, 0.5) is 0 Å². The van der Waals surface area contributed by atoms with E-state index in [4.69, 9.17) is 11.6 Å². The Morgan fingerprint density at radius 1 is 1.10 bits per heavy atom. The number of halogens is 1. The Labute approximate surface area is 122 Å². The summed E-state index contributed by atoms with van der Waals surface area (Å²) in [5.41, 5.74) is 4.35. The smallest absolute Gasteiger partial charge is 0.226 e. The summed E-state index contributed by atoms with van der Waals surface area (Å²) in [7, 11) is 0. The molecular formula is C16H16ClNO2. The number of rotatable bonds is 3. The van der Waals surface area contributed by atoms with Gasteiger partial charge < -0.3 is 4.57 Å². The minimum Gasteiger partial charge on any atom is -0.321 e. The van der Waals surface area contributed by atoms with E-state index in [-0.39, 0.29) is 11.8 Å². The maximum absolute atomic E-state index is 11.9. The van der Waals surface area contributed by atoms with Crippen LogP contribution in [0.5, 0.6) is 0 Å². The summed E-state index contributed by atoms with van der Waals surface area (Å²) in [6.45, 7) is 5.92. The lowest BCUT2D eigenvalue weighted by Gasteiger charge is -2.14. The average molecular weight is 290 g/mol. The molecule has 0 amide bonds. The number of hydrogen-bond acceptors (Lipinski definition) is 2. The lowest BCUT2D eigenvalue weighted by atomic mass is 10.1. The molecule has 1 aromatic carbocycles. The van der Waals surface area contributed by atoms with Crippen LogP contribution in [-0.4, -0.2) is 9.81 Å².